The zero-order chi connectivity index (χ0) is 18.8. The zero-order valence-corrected chi connectivity index (χ0v) is 16.8. The molecule has 0 spiro atoms. The molecule has 0 bridgehead atoms. The number of rotatable bonds is 4. The summed E-state index contributed by atoms with van der Waals surface area (Å²) < 4.78 is 6.59. The summed E-state index contributed by atoms with van der Waals surface area (Å²) in [4.78, 5) is 12.3. The summed E-state index contributed by atoms with van der Waals surface area (Å²) in [7, 11) is 0. The number of amides is 1. The maximum absolute atomic E-state index is 12.3. The molecular formula is C22H19IN2O2. The summed E-state index contributed by atoms with van der Waals surface area (Å²) in [5.74, 6) is 0.0543. The fourth-order valence-corrected chi connectivity index (χ4v) is 4.33. The van der Waals surface area contributed by atoms with Gasteiger partial charge < -0.3 is 10.5 Å². The molecule has 0 saturated heterocycles. The van der Waals surface area contributed by atoms with E-state index in [-0.39, 0.29) is 5.92 Å². The SMILES string of the molecule is NCc1cc(I)cc(NC(=O)OCC2c3ccccc3-c3ccccc32)c1. The summed E-state index contributed by atoms with van der Waals surface area (Å²) in [5.41, 5.74) is 12.2. The predicted molar refractivity (Wildman–Crippen MR) is 116 cm³/mol. The first-order valence-corrected chi connectivity index (χ1v) is 9.85. The number of anilines is 1. The molecule has 4 rings (SSSR count). The van der Waals surface area contributed by atoms with E-state index in [0.29, 0.717) is 18.8 Å². The zero-order valence-electron chi connectivity index (χ0n) is 14.6. The lowest BCUT2D eigenvalue weighted by molar-refractivity contribution is 0.158. The standard InChI is InChI=1S/C22H19IN2O2/c23-15-9-14(12-24)10-16(11-15)25-22(26)27-13-21-19-7-3-1-5-17(19)18-6-2-4-8-20(18)21/h1-11,21H,12-13,24H2,(H,25,26). The number of halogens is 1. The van der Waals surface area contributed by atoms with Gasteiger partial charge in [-0.3, -0.25) is 5.32 Å². The molecular weight excluding hydrogens is 451 g/mol. The van der Waals surface area contributed by atoms with Crippen LogP contribution >= 0.6 is 22.6 Å². The minimum Gasteiger partial charge on any atom is -0.448 e. The molecule has 0 aromatic heterocycles. The first-order valence-electron chi connectivity index (χ1n) is 8.77. The Hall–Kier alpha value is -2.38. The maximum atomic E-state index is 12.3. The number of nitrogens with one attached hydrogen (secondary N) is 1. The molecule has 0 radical (unpaired) electrons. The van der Waals surface area contributed by atoms with Crippen LogP contribution in [0.25, 0.3) is 11.1 Å². The largest absolute Gasteiger partial charge is 0.448 e. The van der Waals surface area contributed by atoms with Crippen LogP contribution in [0, 0.1) is 3.57 Å². The molecule has 1 amide bonds. The number of benzene rings is 3. The van der Waals surface area contributed by atoms with Gasteiger partial charge in [0.2, 0.25) is 0 Å². The smallest absolute Gasteiger partial charge is 0.411 e. The second kappa shape index (κ2) is 7.70. The van der Waals surface area contributed by atoms with Crippen molar-refractivity contribution in [2.24, 2.45) is 5.73 Å². The number of nitrogens with two attached hydrogens (primary N) is 1. The van der Waals surface area contributed by atoms with Gasteiger partial charge in [0.25, 0.3) is 0 Å². The second-order valence-electron chi connectivity index (χ2n) is 6.50. The molecule has 4 nitrogen and oxygen atoms in total. The molecule has 3 aromatic carbocycles. The van der Waals surface area contributed by atoms with E-state index in [9.17, 15) is 4.79 Å². The minimum absolute atomic E-state index is 0.0543. The quantitative estimate of drug-likeness (QED) is 0.521. The highest BCUT2D eigenvalue weighted by Gasteiger charge is 2.28. The van der Waals surface area contributed by atoms with Crippen molar-refractivity contribution in [3.63, 3.8) is 0 Å². The van der Waals surface area contributed by atoms with Crippen molar-refractivity contribution in [2.45, 2.75) is 12.5 Å². The lowest BCUT2D eigenvalue weighted by Crippen LogP contribution is -2.18. The summed E-state index contributed by atoms with van der Waals surface area (Å²) >= 11 is 2.21. The third kappa shape index (κ3) is 3.70. The van der Waals surface area contributed by atoms with Crippen LogP contribution in [0.5, 0.6) is 0 Å². The van der Waals surface area contributed by atoms with Crippen molar-refractivity contribution in [2.75, 3.05) is 11.9 Å². The molecule has 27 heavy (non-hydrogen) atoms. The third-order valence-electron chi connectivity index (χ3n) is 4.78. The molecule has 1 aliphatic rings. The second-order valence-corrected chi connectivity index (χ2v) is 7.75. The molecule has 1 aliphatic carbocycles. The molecule has 0 unspecified atom stereocenters. The third-order valence-corrected chi connectivity index (χ3v) is 5.41. The Morgan fingerprint density at radius 3 is 2.26 bits per heavy atom. The molecule has 136 valence electrons. The Kier molecular flexibility index (Phi) is 5.13. The fourth-order valence-electron chi connectivity index (χ4n) is 3.59. The van der Waals surface area contributed by atoms with Gasteiger partial charge in [0.15, 0.2) is 0 Å². The van der Waals surface area contributed by atoms with Gasteiger partial charge in [0, 0.05) is 21.7 Å². The fraction of sp³-hybridized carbons (Fsp3) is 0.136. The van der Waals surface area contributed by atoms with Crippen LogP contribution in [0.3, 0.4) is 0 Å². The highest BCUT2D eigenvalue weighted by Crippen LogP contribution is 2.44. The number of fused-ring (bicyclic) bond motifs is 3. The molecule has 0 aliphatic heterocycles. The number of hydrogen-bond donors (Lipinski definition) is 2. The van der Waals surface area contributed by atoms with Crippen molar-refractivity contribution in [3.05, 3.63) is 87.0 Å². The first-order chi connectivity index (χ1) is 13.2. The van der Waals surface area contributed by atoms with Gasteiger partial charge in [-0.15, -0.1) is 0 Å². The molecule has 0 atom stereocenters. The van der Waals surface area contributed by atoms with Crippen LogP contribution in [0.4, 0.5) is 10.5 Å². The molecule has 5 heteroatoms. The molecule has 3 aromatic rings. The van der Waals surface area contributed by atoms with Crippen molar-refractivity contribution >= 4 is 34.4 Å². The van der Waals surface area contributed by atoms with Crippen LogP contribution in [-0.4, -0.2) is 12.7 Å². The van der Waals surface area contributed by atoms with Crippen molar-refractivity contribution in [1.82, 2.24) is 0 Å². The Morgan fingerprint density at radius 2 is 1.63 bits per heavy atom. The summed E-state index contributed by atoms with van der Waals surface area (Å²) in [5, 5.41) is 2.81. The highest BCUT2D eigenvalue weighted by atomic mass is 127. The van der Waals surface area contributed by atoms with E-state index in [0.717, 1.165) is 9.13 Å². The van der Waals surface area contributed by atoms with E-state index >= 15 is 0 Å². The van der Waals surface area contributed by atoms with E-state index in [1.165, 1.54) is 22.3 Å². The average molecular weight is 470 g/mol. The van der Waals surface area contributed by atoms with Crippen molar-refractivity contribution in [3.8, 4) is 11.1 Å². The highest BCUT2D eigenvalue weighted by molar-refractivity contribution is 14.1. The Morgan fingerprint density at radius 1 is 1.00 bits per heavy atom. The van der Waals surface area contributed by atoms with Gasteiger partial charge in [-0.25, -0.2) is 4.79 Å². The maximum Gasteiger partial charge on any atom is 0.411 e. The van der Waals surface area contributed by atoms with Crippen LogP contribution in [-0.2, 0) is 11.3 Å². The number of hydrogen-bond acceptors (Lipinski definition) is 3. The van der Waals surface area contributed by atoms with Crippen molar-refractivity contribution in [1.29, 1.82) is 0 Å². The predicted octanol–water partition coefficient (Wildman–Crippen LogP) is 5.11. The van der Waals surface area contributed by atoms with E-state index in [4.69, 9.17) is 10.5 Å². The van der Waals surface area contributed by atoms with Gasteiger partial charge in [-0.1, -0.05) is 48.5 Å². The number of carbonyl (C=O) groups excluding carboxylic acids is 1. The van der Waals surface area contributed by atoms with Gasteiger partial charge in [0.1, 0.15) is 6.61 Å². The van der Waals surface area contributed by atoms with Gasteiger partial charge >= 0.3 is 6.09 Å². The van der Waals surface area contributed by atoms with E-state index in [1.807, 2.05) is 42.5 Å². The van der Waals surface area contributed by atoms with Gasteiger partial charge in [-0.2, -0.15) is 0 Å². The monoisotopic (exact) mass is 470 g/mol. The van der Waals surface area contributed by atoms with Gasteiger partial charge in [-0.05, 0) is 68.6 Å². The molecule has 0 saturated carbocycles. The molecule has 0 heterocycles. The lowest BCUT2D eigenvalue weighted by Gasteiger charge is -2.15. The van der Waals surface area contributed by atoms with Crippen LogP contribution in [0.2, 0.25) is 0 Å². The normalized spacial score (nSPS) is 12.4. The topological polar surface area (TPSA) is 64.3 Å². The Balaban J connectivity index is 1.49. The van der Waals surface area contributed by atoms with Crippen LogP contribution in [0.15, 0.2) is 66.7 Å². The van der Waals surface area contributed by atoms with E-state index in [2.05, 4.69) is 52.2 Å². The average Bonchev–Trinajstić information content (AvgIpc) is 3.00. The van der Waals surface area contributed by atoms with Crippen molar-refractivity contribution < 1.29 is 9.53 Å². The summed E-state index contributed by atoms with van der Waals surface area (Å²) in [6.45, 7) is 0.726. The Bertz CT molecular complexity index is 958. The van der Waals surface area contributed by atoms with E-state index < -0.39 is 6.09 Å². The first kappa shape index (κ1) is 18.0. The lowest BCUT2D eigenvalue weighted by atomic mass is 9.98. The molecule has 3 N–H and O–H groups in total. The number of ether oxygens (including phenoxy) is 1. The number of carbonyl (C=O) groups is 1. The summed E-state index contributed by atoms with van der Waals surface area (Å²) in [6.07, 6.45) is -0.457. The molecule has 0 fully saturated rings. The summed E-state index contributed by atoms with van der Waals surface area (Å²) in [6, 6.07) is 22.3. The van der Waals surface area contributed by atoms with Crippen LogP contribution < -0.4 is 11.1 Å². The van der Waals surface area contributed by atoms with Crippen LogP contribution in [0.1, 0.15) is 22.6 Å². The van der Waals surface area contributed by atoms with E-state index in [1.54, 1.807) is 0 Å². The minimum atomic E-state index is -0.457. The Labute approximate surface area is 171 Å². The van der Waals surface area contributed by atoms with Gasteiger partial charge in [0.05, 0.1) is 0 Å².